The van der Waals surface area contributed by atoms with E-state index in [-0.39, 0.29) is 5.91 Å². The molecule has 1 N–H and O–H groups in total. The Kier molecular flexibility index (Phi) is 3.69. The maximum Gasteiger partial charge on any atom is 0.251 e. The number of amides is 1. The van der Waals surface area contributed by atoms with Gasteiger partial charge in [0.1, 0.15) is 0 Å². The third-order valence-corrected chi connectivity index (χ3v) is 5.63. The molecule has 1 amide bonds. The molecule has 1 saturated carbocycles. The van der Waals surface area contributed by atoms with Gasteiger partial charge >= 0.3 is 0 Å². The highest BCUT2D eigenvalue weighted by Crippen LogP contribution is 2.51. The molecule has 132 valence electrons. The van der Waals surface area contributed by atoms with Crippen LogP contribution in [0.3, 0.4) is 0 Å². The van der Waals surface area contributed by atoms with E-state index in [0.717, 1.165) is 24.0 Å². The lowest BCUT2D eigenvalue weighted by Gasteiger charge is -2.14. The molecule has 2 heterocycles. The van der Waals surface area contributed by atoms with Crippen LogP contribution >= 0.6 is 0 Å². The Hall–Kier alpha value is -2.76. The van der Waals surface area contributed by atoms with E-state index >= 15 is 0 Å². The summed E-state index contributed by atoms with van der Waals surface area (Å²) in [4.78, 5) is 26.1. The first-order chi connectivity index (χ1) is 12.8. The predicted molar refractivity (Wildman–Crippen MR) is 98.0 cm³/mol. The molecule has 0 aliphatic heterocycles. The molecule has 2 unspecified atom stereocenters. The van der Waals surface area contributed by atoms with Gasteiger partial charge in [0.25, 0.3) is 5.91 Å². The minimum absolute atomic E-state index is 0.0543. The van der Waals surface area contributed by atoms with Gasteiger partial charge in [-0.05, 0) is 43.9 Å². The van der Waals surface area contributed by atoms with E-state index in [1.54, 1.807) is 12.5 Å². The number of aromatic nitrogens is 4. The third-order valence-electron chi connectivity index (χ3n) is 5.63. The molecule has 0 radical (unpaired) electrons. The largest absolute Gasteiger partial charge is 0.352 e. The maximum absolute atomic E-state index is 12.4. The number of imidazole rings is 1. The summed E-state index contributed by atoms with van der Waals surface area (Å²) < 4.78 is 2.01. The Balaban J connectivity index is 1.29. The number of hydrogen-bond acceptors (Lipinski definition) is 4. The van der Waals surface area contributed by atoms with Crippen molar-refractivity contribution < 1.29 is 4.79 Å². The average molecular weight is 347 g/mol. The number of fused-ring (bicyclic) bond motifs is 6. The van der Waals surface area contributed by atoms with Gasteiger partial charge in [0.2, 0.25) is 0 Å². The molecule has 0 saturated heterocycles. The molecule has 5 rings (SSSR count). The van der Waals surface area contributed by atoms with Crippen LogP contribution in [0.2, 0.25) is 0 Å². The monoisotopic (exact) mass is 347 g/mol. The summed E-state index contributed by atoms with van der Waals surface area (Å²) in [5.41, 5.74) is 4.75. The Morgan fingerprint density at radius 1 is 1.15 bits per heavy atom. The first kappa shape index (κ1) is 15.5. The molecule has 1 fully saturated rings. The first-order valence-corrected chi connectivity index (χ1v) is 9.33. The molecule has 2 aliphatic carbocycles. The highest BCUT2D eigenvalue weighted by atomic mass is 16.1. The summed E-state index contributed by atoms with van der Waals surface area (Å²) in [6, 6.07) is 5.65. The maximum atomic E-state index is 12.4. The second-order valence-electron chi connectivity index (χ2n) is 7.31. The Morgan fingerprint density at radius 2 is 1.96 bits per heavy atom. The first-order valence-electron chi connectivity index (χ1n) is 9.33. The molecule has 2 aliphatic rings. The van der Waals surface area contributed by atoms with Crippen LogP contribution in [0, 0.1) is 0 Å². The molecule has 0 spiro atoms. The van der Waals surface area contributed by atoms with Gasteiger partial charge in [-0.25, -0.2) is 15.0 Å². The number of nitrogens with zero attached hydrogens (tertiary/aromatic N) is 4. The van der Waals surface area contributed by atoms with E-state index in [1.165, 1.54) is 30.7 Å². The van der Waals surface area contributed by atoms with E-state index in [9.17, 15) is 4.79 Å². The quantitative estimate of drug-likeness (QED) is 0.720. The van der Waals surface area contributed by atoms with Crippen molar-refractivity contribution in [2.75, 3.05) is 6.54 Å². The van der Waals surface area contributed by atoms with Crippen LogP contribution in [0.1, 0.15) is 59.3 Å². The number of benzene rings is 1. The van der Waals surface area contributed by atoms with Crippen LogP contribution in [0.15, 0.2) is 36.9 Å². The second-order valence-corrected chi connectivity index (χ2v) is 7.31. The van der Waals surface area contributed by atoms with E-state index in [0.29, 0.717) is 23.9 Å². The van der Waals surface area contributed by atoms with Gasteiger partial charge in [0.15, 0.2) is 0 Å². The van der Waals surface area contributed by atoms with Crippen molar-refractivity contribution in [1.29, 1.82) is 0 Å². The summed E-state index contributed by atoms with van der Waals surface area (Å²) >= 11 is 0. The number of aryl methyl sites for hydroxylation is 1. The minimum Gasteiger partial charge on any atom is -0.352 e. The summed E-state index contributed by atoms with van der Waals surface area (Å²) in [5, 5.41) is 2.98. The van der Waals surface area contributed by atoms with Crippen molar-refractivity contribution in [1.82, 2.24) is 24.8 Å². The van der Waals surface area contributed by atoms with Crippen LogP contribution in [0.25, 0.3) is 11.0 Å². The fourth-order valence-electron chi connectivity index (χ4n) is 4.29. The molecule has 2 aromatic heterocycles. The van der Waals surface area contributed by atoms with Crippen molar-refractivity contribution in [3.05, 3.63) is 53.9 Å². The van der Waals surface area contributed by atoms with Crippen LogP contribution in [-0.4, -0.2) is 32.0 Å². The zero-order valence-electron chi connectivity index (χ0n) is 14.6. The predicted octanol–water partition coefficient (Wildman–Crippen LogP) is 3.01. The van der Waals surface area contributed by atoms with Crippen LogP contribution < -0.4 is 5.32 Å². The van der Waals surface area contributed by atoms with Gasteiger partial charge in [0.05, 0.1) is 28.7 Å². The summed E-state index contributed by atoms with van der Waals surface area (Å²) in [6.45, 7) is 1.48. The number of carbonyl (C=O) groups is 1. The molecular formula is C20H21N5O. The van der Waals surface area contributed by atoms with Crippen molar-refractivity contribution >= 4 is 16.9 Å². The normalized spacial score (nSPS) is 20.5. The third kappa shape index (κ3) is 2.66. The fourth-order valence-corrected chi connectivity index (χ4v) is 4.29. The van der Waals surface area contributed by atoms with Crippen molar-refractivity contribution in [2.45, 2.75) is 44.1 Å². The number of rotatable bonds is 5. The van der Waals surface area contributed by atoms with Gasteiger partial charge in [-0.15, -0.1) is 0 Å². The molecule has 6 nitrogen and oxygen atoms in total. The smallest absolute Gasteiger partial charge is 0.251 e. The van der Waals surface area contributed by atoms with Gasteiger partial charge in [0, 0.05) is 42.9 Å². The Labute approximate surface area is 151 Å². The molecular weight excluding hydrogens is 326 g/mol. The molecule has 2 bridgehead atoms. The lowest BCUT2D eigenvalue weighted by Crippen LogP contribution is -2.25. The zero-order valence-corrected chi connectivity index (χ0v) is 14.6. The van der Waals surface area contributed by atoms with Crippen LogP contribution in [0.5, 0.6) is 0 Å². The zero-order chi connectivity index (χ0) is 17.5. The van der Waals surface area contributed by atoms with Crippen LogP contribution in [-0.2, 0) is 6.54 Å². The van der Waals surface area contributed by atoms with Crippen molar-refractivity contribution in [3.63, 3.8) is 0 Å². The van der Waals surface area contributed by atoms with Gasteiger partial charge in [-0.1, -0.05) is 0 Å². The summed E-state index contributed by atoms with van der Waals surface area (Å²) in [7, 11) is 0. The van der Waals surface area contributed by atoms with E-state index in [4.69, 9.17) is 9.97 Å². The van der Waals surface area contributed by atoms with E-state index < -0.39 is 0 Å². The van der Waals surface area contributed by atoms with Gasteiger partial charge in [-0.2, -0.15) is 0 Å². The fraction of sp³-hybridized carbons (Fsp3) is 0.400. The Morgan fingerprint density at radius 3 is 2.73 bits per heavy atom. The van der Waals surface area contributed by atoms with Gasteiger partial charge < -0.3 is 9.88 Å². The molecule has 6 heteroatoms. The number of hydrogen-bond donors (Lipinski definition) is 1. The molecule has 1 aromatic carbocycles. The highest BCUT2D eigenvalue weighted by Gasteiger charge is 2.39. The summed E-state index contributed by atoms with van der Waals surface area (Å²) in [5.74, 6) is 1.12. The number of nitrogens with one attached hydrogen (secondary N) is 1. The highest BCUT2D eigenvalue weighted by molar-refractivity contribution is 5.97. The van der Waals surface area contributed by atoms with Crippen LogP contribution in [0.4, 0.5) is 0 Å². The van der Waals surface area contributed by atoms with E-state index in [2.05, 4.69) is 10.3 Å². The van der Waals surface area contributed by atoms with Crippen molar-refractivity contribution in [2.24, 2.45) is 0 Å². The Bertz CT molecular complexity index is 966. The molecule has 26 heavy (non-hydrogen) atoms. The lowest BCUT2D eigenvalue weighted by atomic mass is 10.00. The molecule has 2 atom stereocenters. The number of carbonyl (C=O) groups excluding carboxylic acids is 1. The average Bonchev–Trinajstić information content (AvgIpc) is 3.41. The van der Waals surface area contributed by atoms with Gasteiger partial charge in [-0.3, -0.25) is 4.79 Å². The molecule has 3 aromatic rings. The minimum atomic E-state index is -0.0543. The van der Waals surface area contributed by atoms with E-state index in [1.807, 2.05) is 29.0 Å². The SMILES string of the molecule is O=C(NCCCn1ccnc1)c1ccc2nc3c(nc2c1)C1CCC3C1. The topological polar surface area (TPSA) is 72.7 Å². The standard InChI is InChI=1S/C20H21N5O/c26-20(22-6-1-8-25-9-7-21-12-25)15-4-5-16-17(11-15)24-19-14-3-2-13(10-14)18(19)23-16/h4-5,7,9,11-14H,1-3,6,8,10H2,(H,22,26). The summed E-state index contributed by atoms with van der Waals surface area (Å²) in [6.07, 6.45) is 10.0. The lowest BCUT2D eigenvalue weighted by molar-refractivity contribution is 0.0953. The second kappa shape index (κ2) is 6.20. The van der Waals surface area contributed by atoms with Crippen molar-refractivity contribution in [3.8, 4) is 0 Å².